The molecule has 1 N–H and O–H groups in total. The third-order valence-electron chi connectivity index (χ3n) is 5.54. The number of fused-ring (bicyclic) bond motifs is 1. The number of hydrogen-bond acceptors (Lipinski definition) is 4. The number of aromatic nitrogens is 2. The summed E-state index contributed by atoms with van der Waals surface area (Å²) in [7, 11) is 0. The van der Waals surface area contributed by atoms with Crippen molar-refractivity contribution in [3.8, 4) is 17.6 Å². The van der Waals surface area contributed by atoms with Gasteiger partial charge in [-0.25, -0.2) is 4.98 Å². The van der Waals surface area contributed by atoms with Crippen molar-refractivity contribution in [1.29, 1.82) is 5.26 Å². The summed E-state index contributed by atoms with van der Waals surface area (Å²) < 4.78 is 8.25. The number of benzene rings is 3. The normalized spacial score (nSPS) is 10.7. The maximum Gasteiger partial charge on any atom is 0.251 e. The van der Waals surface area contributed by atoms with E-state index >= 15 is 0 Å². The molecule has 33 heavy (non-hydrogen) atoms. The topological polar surface area (TPSA) is 79.9 Å². The van der Waals surface area contributed by atoms with E-state index < -0.39 is 0 Å². The largest absolute Gasteiger partial charge is 0.456 e. The number of aryl methyl sites for hydroxylation is 1. The van der Waals surface area contributed by atoms with Gasteiger partial charge in [0.05, 0.1) is 11.9 Å². The van der Waals surface area contributed by atoms with Crippen molar-refractivity contribution in [3.05, 3.63) is 89.5 Å². The number of ether oxygens (including phenoxy) is 1. The third-order valence-corrected chi connectivity index (χ3v) is 5.54. The van der Waals surface area contributed by atoms with Gasteiger partial charge in [0.1, 0.15) is 17.6 Å². The van der Waals surface area contributed by atoms with Crippen LogP contribution >= 0.6 is 0 Å². The zero-order chi connectivity index (χ0) is 23.2. The summed E-state index contributed by atoms with van der Waals surface area (Å²) >= 11 is 0. The van der Waals surface area contributed by atoms with Crippen molar-refractivity contribution in [2.75, 3.05) is 6.54 Å². The average molecular weight is 439 g/mol. The highest BCUT2D eigenvalue weighted by Gasteiger charge is 2.12. The Balaban J connectivity index is 1.66. The van der Waals surface area contributed by atoms with Crippen LogP contribution in [-0.2, 0) is 13.0 Å². The lowest BCUT2D eigenvalue weighted by Gasteiger charge is -2.13. The standard InChI is InChI=1S/C27H26N4O2/c1-3-12-30-27(32)24-7-5-6-20-10-11-23(14-25(20)24)33-26-13-19(8-9-21(26)15-28)17-31-18-29-16-22(31)4-2/h5-11,13-14,16,18H,3-4,12,17H2,1-2H3,(H,30,32). The molecule has 0 bridgehead atoms. The minimum atomic E-state index is -0.105. The third kappa shape index (κ3) is 4.88. The van der Waals surface area contributed by atoms with Crippen LogP contribution in [-0.4, -0.2) is 22.0 Å². The van der Waals surface area contributed by atoms with Crippen LogP contribution in [0.25, 0.3) is 10.8 Å². The van der Waals surface area contributed by atoms with E-state index in [9.17, 15) is 10.1 Å². The second-order valence-corrected chi connectivity index (χ2v) is 7.86. The summed E-state index contributed by atoms with van der Waals surface area (Å²) in [6.07, 6.45) is 5.44. The molecule has 0 spiro atoms. The molecule has 0 aliphatic heterocycles. The maximum atomic E-state index is 12.6. The minimum absolute atomic E-state index is 0.105. The van der Waals surface area contributed by atoms with Crippen molar-refractivity contribution in [2.24, 2.45) is 0 Å². The van der Waals surface area contributed by atoms with Gasteiger partial charge in [-0.1, -0.05) is 38.1 Å². The monoisotopic (exact) mass is 438 g/mol. The smallest absolute Gasteiger partial charge is 0.251 e. The number of imidazole rings is 1. The van der Waals surface area contributed by atoms with Crippen LogP contribution in [0.15, 0.2) is 67.1 Å². The predicted octanol–water partition coefficient (Wildman–Crippen LogP) is 5.45. The lowest BCUT2D eigenvalue weighted by atomic mass is 10.0. The molecule has 0 atom stereocenters. The van der Waals surface area contributed by atoms with Gasteiger partial charge in [0.25, 0.3) is 5.91 Å². The molecule has 1 aromatic heterocycles. The molecule has 0 unspecified atom stereocenters. The number of nitrogens with one attached hydrogen (secondary N) is 1. The Morgan fingerprint density at radius 3 is 2.82 bits per heavy atom. The van der Waals surface area contributed by atoms with Crippen molar-refractivity contribution in [1.82, 2.24) is 14.9 Å². The van der Waals surface area contributed by atoms with Crippen LogP contribution < -0.4 is 10.1 Å². The molecule has 6 heteroatoms. The Bertz CT molecular complexity index is 1330. The molecule has 166 valence electrons. The van der Waals surface area contributed by atoms with Gasteiger partial charge in [0, 0.05) is 30.5 Å². The van der Waals surface area contributed by atoms with Gasteiger partial charge in [-0.15, -0.1) is 0 Å². The first kappa shape index (κ1) is 22.1. The minimum Gasteiger partial charge on any atom is -0.456 e. The van der Waals surface area contributed by atoms with Crippen LogP contribution in [0.2, 0.25) is 0 Å². The lowest BCUT2D eigenvalue weighted by Crippen LogP contribution is -2.24. The molecular formula is C27H26N4O2. The highest BCUT2D eigenvalue weighted by Crippen LogP contribution is 2.30. The molecule has 4 aromatic rings. The first-order valence-corrected chi connectivity index (χ1v) is 11.1. The number of carbonyl (C=O) groups excluding carboxylic acids is 1. The number of nitrogens with zero attached hydrogens (tertiary/aromatic N) is 3. The average Bonchev–Trinajstić information content (AvgIpc) is 3.29. The SMILES string of the molecule is CCCNC(=O)c1cccc2ccc(Oc3cc(Cn4cncc4CC)ccc3C#N)cc12. The molecule has 1 heterocycles. The van der Waals surface area contributed by atoms with E-state index in [2.05, 4.69) is 27.9 Å². The fourth-order valence-corrected chi connectivity index (χ4v) is 3.80. The molecule has 0 radical (unpaired) electrons. The Kier molecular flexibility index (Phi) is 6.70. The highest BCUT2D eigenvalue weighted by molar-refractivity contribution is 6.07. The maximum absolute atomic E-state index is 12.6. The van der Waals surface area contributed by atoms with E-state index in [0.29, 0.717) is 35.7 Å². The molecule has 1 amide bonds. The Hall–Kier alpha value is -4.11. The number of rotatable bonds is 8. The predicted molar refractivity (Wildman–Crippen MR) is 129 cm³/mol. The van der Waals surface area contributed by atoms with Crippen LogP contribution in [0.4, 0.5) is 0 Å². The summed E-state index contributed by atoms with van der Waals surface area (Å²) in [5.41, 5.74) is 3.21. The Morgan fingerprint density at radius 1 is 1.15 bits per heavy atom. The molecule has 0 aliphatic rings. The van der Waals surface area contributed by atoms with E-state index in [4.69, 9.17) is 4.74 Å². The molecular weight excluding hydrogens is 412 g/mol. The van der Waals surface area contributed by atoms with E-state index in [1.165, 1.54) is 0 Å². The number of nitriles is 1. The van der Waals surface area contributed by atoms with Crippen molar-refractivity contribution < 1.29 is 9.53 Å². The molecule has 0 saturated heterocycles. The summed E-state index contributed by atoms with van der Waals surface area (Å²) in [5.74, 6) is 0.954. The van der Waals surface area contributed by atoms with Gasteiger partial charge in [-0.3, -0.25) is 4.79 Å². The van der Waals surface area contributed by atoms with Gasteiger partial charge in [-0.2, -0.15) is 5.26 Å². The summed E-state index contributed by atoms with van der Waals surface area (Å²) in [4.78, 5) is 16.9. The molecule has 4 rings (SSSR count). The van der Waals surface area contributed by atoms with E-state index in [0.717, 1.165) is 34.9 Å². The first-order valence-electron chi connectivity index (χ1n) is 11.1. The van der Waals surface area contributed by atoms with Gasteiger partial charge < -0.3 is 14.6 Å². The summed E-state index contributed by atoms with van der Waals surface area (Å²) in [6, 6.07) is 19.1. The van der Waals surface area contributed by atoms with Gasteiger partial charge in [-0.05, 0) is 59.5 Å². The number of hydrogen-bond donors (Lipinski definition) is 1. The second kappa shape index (κ2) is 10.0. The molecule has 0 saturated carbocycles. The van der Waals surface area contributed by atoms with Crippen LogP contribution in [0.5, 0.6) is 11.5 Å². The van der Waals surface area contributed by atoms with Gasteiger partial charge in [0.2, 0.25) is 0 Å². The zero-order valence-electron chi connectivity index (χ0n) is 18.8. The van der Waals surface area contributed by atoms with E-state index in [1.54, 1.807) is 6.07 Å². The second-order valence-electron chi connectivity index (χ2n) is 7.86. The quantitative estimate of drug-likeness (QED) is 0.397. The van der Waals surface area contributed by atoms with Crippen LogP contribution in [0, 0.1) is 11.3 Å². The number of carbonyl (C=O) groups is 1. The molecule has 0 fully saturated rings. The summed E-state index contributed by atoms with van der Waals surface area (Å²) in [5, 5.41) is 14.3. The van der Waals surface area contributed by atoms with E-state index in [1.807, 2.05) is 68.0 Å². The number of amides is 1. The highest BCUT2D eigenvalue weighted by atomic mass is 16.5. The van der Waals surface area contributed by atoms with Crippen molar-refractivity contribution >= 4 is 16.7 Å². The summed E-state index contributed by atoms with van der Waals surface area (Å²) in [6.45, 7) is 5.38. The molecule has 0 aliphatic carbocycles. The zero-order valence-corrected chi connectivity index (χ0v) is 18.8. The van der Waals surface area contributed by atoms with Crippen molar-refractivity contribution in [3.63, 3.8) is 0 Å². The van der Waals surface area contributed by atoms with E-state index in [-0.39, 0.29) is 5.91 Å². The van der Waals surface area contributed by atoms with Crippen LogP contribution in [0.1, 0.15) is 47.4 Å². The fraction of sp³-hybridized carbons (Fsp3) is 0.222. The first-order chi connectivity index (χ1) is 16.1. The molecule has 6 nitrogen and oxygen atoms in total. The fourth-order valence-electron chi connectivity index (χ4n) is 3.80. The Morgan fingerprint density at radius 2 is 2.03 bits per heavy atom. The lowest BCUT2D eigenvalue weighted by molar-refractivity contribution is 0.0955. The van der Waals surface area contributed by atoms with Crippen molar-refractivity contribution in [2.45, 2.75) is 33.2 Å². The Labute approximate surface area is 193 Å². The molecule has 3 aromatic carbocycles. The van der Waals surface area contributed by atoms with Gasteiger partial charge in [0.15, 0.2) is 0 Å². The van der Waals surface area contributed by atoms with Crippen LogP contribution in [0.3, 0.4) is 0 Å². The van der Waals surface area contributed by atoms with Gasteiger partial charge >= 0.3 is 0 Å².